The average Bonchev–Trinajstić information content (AvgIpc) is 2.44. The average molecular weight is 293 g/mol. The van der Waals surface area contributed by atoms with Crippen LogP contribution in [0.1, 0.15) is 16.1 Å². The van der Waals surface area contributed by atoms with Crippen molar-refractivity contribution in [1.29, 1.82) is 5.26 Å². The summed E-state index contributed by atoms with van der Waals surface area (Å²) in [7, 11) is 0. The lowest BCUT2D eigenvalue weighted by Gasteiger charge is -2.06. The molecular weight excluding hydrogens is 287 g/mol. The van der Waals surface area contributed by atoms with Crippen LogP contribution < -0.4 is 5.32 Å². The van der Waals surface area contributed by atoms with Crippen molar-refractivity contribution < 1.29 is 4.79 Å². The standard InChI is InChI=1S/C12H6Cl2N4O/c13-8-5-16-6-10(11(8)14)18-12(19)9-2-1-7(3-15)4-17-9/h1-2,4-6H,(H,18,19). The molecule has 0 unspecified atom stereocenters. The van der Waals surface area contributed by atoms with Crippen molar-refractivity contribution in [3.05, 3.63) is 52.0 Å². The van der Waals surface area contributed by atoms with Crippen molar-refractivity contribution in [1.82, 2.24) is 9.97 Å². The highest BCUT2D eigenvalue weighted by molar-refractivity contribution is 6.43. The molecule has 1 amide bonds. The maximum atomic E-state index is 11.9. The summed E-state index contributed by atoms with van der Waals surface area (Å²) in [6.45, 7) is 0. The second-order valence-electron chi connectivity index (χ2n) is 3.48. The van der Waals surface area contributed by atoms with Gasteiger partial charge in [-0.1, -0.05) is 23.2 Å². The summed E-state index contributed by atoms with van der Waals surface area (Å²) in [5, 5.41) is 11.6. The Bertz CT molecular complexity index is 664. The fraction of sp³-hybridized carbons (Fsp3) is 0. The monoisotopic (exact) mass is 292 g/mol. The third-order valence-electron chi connectivity index (χ3n) is 2.21. The largest absolute Gasteiger partial charge is 0.318 e. The normalized spacial score (nSPS) is 9.74. The number of carbonyl (C=O) groups is 1. The fourth-order valence-electron chi connectivity index (χ4n) is 1.29. The fourth-order valence-corrected chi connectivity index (χ4v) is 1.59. The Hall–Kier alpha value is -2.16. The van der Waals surface area contributed by atoms with E-state index in [4.69, 9.17) is 28.5 Å². The number of aromatic nitrogens is 2. The van der Waals surface area contributed by atoms with Crippen molar-refractivity contribution in [3.63, 3.8) is 0 Å². The first kappa shape index (κ1) is 13.3. The van der Waals surface area contributed by atoms with E-state index in [0.29, 0.717) is 11.3 Å². The van der Waals surface area contributed by atoms with Crippen LogP contribution >= 0.6 is 23.2 Å². The molecule has 0 atom stereocenters. The summed E-state index contributed by atoms with van der Waals surface area (Å²) in [6, 6.07) is 4.86. The molecule has 94 valence electrons. The van der Waals surface area contributed by atoms with Crippen LogP contribution in [0.4, 0.5) is 5.69 Å². The number of anilines is 1. The molecular formula is C12H6Cl2N4O. The van der Waals surface area contributed by atoms with E-state index in [1.54, 1.807) is 0 Å². The van der Waals surface area contributed by atoms with E-state index in [1.165, 1.54) is 30.7 Å². The van der Waals surface area contributed by atoms with Gasteiger partial charge in [0.25, 0.3) is 5.91 Å². The first-order chi connectivity index (χ1) is 9.11. The molecule has 0 aliphatic heterocycles. The van der Waals surface area contributed by atoms with Gasteiger partial charge in [-0.3, -0.25) is 9.78 Å². The van der Waals surface area contributed by atoms with Crippen LogP contribution in [0.5, 0.6) is 0 Å². The molecule has 0 saturated heterocycles. The van der Waals surface area contributed by atoms with Gasteiger partial charge in [0.05, 0.1) is 27.5 Å². The van der Waals surface area contributed by atoms with E-state index in [0.717, 1.165) is 0 Å². The molecule has 2 aromatic heterocycles. The maximum Gasteiger partial charge on any atom is 0.274 e. The summed E-state index contributed by atoms with van der Waals surface area (Å²) in [4.78, 5) is 19.6. The smallest absolute Gasteiger partial charge is 0.274 e. The highest BCUT2D eigenvalue weighted by Crippen LogP contribution is 2.28. The molecule has 2 aromatic rings. The van der Waals surface area contributed by atoms with Gasteiger partial charge >= 0.3 is 0 Å². The summed E-state index contributed by atoms with van der Waals surface area (Å²) in [5.74, 6) is -0.463. The minimum atomic E-state index is -0.463. The lowest BCUT2D eigenvalue weighted by Crippen LogP contribution is -2.14. The number of nitriles is 1. The molecule has 0 bridgehead atoms. The zero-order valence-corrected chi connectivity index (χ0v) is 10.9. The maximum absolute atomic E-state index is 11.9. The van der Waals surface area contributed by atoms with Gasteiger partial charge in [0, 0.05) is 12.4 Å². The number of nitrogens with zero attached hydrogens (tertiary/aromatic N) is 3. The van der Waals surface area contributed by atoms with Gasteiger partial charge in [-0.05, 0) is 12.1 Å². The first-order valence-electron chi connectivity index (χ1n) is 5.08. The van der Waals surface area contributed by atoms with Gasteiger partial charge in [0.2, 0.25) is 0 Å². The number of hydrogen-bond donors (Lipinski definition) is 1. The number of pyridine rings is 2. The number of amides is 1. The molecule has 0 aliphatic carbocycles. The molecule has 0 aliphatic rings. The van der Waals surface area contributed by atoms with Crippen LogP contribution in [0.25, 0.3) is 0 Å². The van der Waals surface area contributed by atoms with Gasteiger partial charge in [0.1, 0.15) is 11.8 Å². The molecule has 1 N–H and O–H groups in total. The molecule has 0 spiro atoms. The lowest BCUT2D eigenvalue weighted by atomic mass is 10.2. The minimum absolute atomic E-state index is 0.162. The van der Waals surface area contributed by atoms with Gasteiger partial charge in [-0.2, -0.15) is 5.26 Å². The third-order valence-corrected chi connectivity index (χ3v) is 3.00. The number of rotatable bonds is 2. The SMILES string of the molecule is N#Cc1ccc(C(=O)Nc2cncc(Cl)c2Cl)nc1. The van der Waals surface area contributed by atoms with E-state index in [9.17, 15) is 4.79 Å². The van der Waals surface area contributed by atoms with Crippen LogP contribution in [-0.4, -0.2) is 15.9 Å². The Morgan fingerprint density at radius 1 is 1.26 bits per heavy atom. The number of halogens is 2. The Morgan fingerprint density at radius 3 is 2.68 bits per heavy atom. The Morgan fingerprint density at radius 2 is 2.05 bits per heavy atom. The second-order valence-corrected chi connectivity index (χ2v) is 4.27. The Labute approximate surface area is 118 Å². The minimum Gasteiger partial charge on any atom is -0.318 e. The predicted molar refractivity (Wildman–Crippen MR) is 71.2 cm³/mol. The van der Waals surface area contributed by atoms with Crippen LogP contribution in [-0.2, 0) is 0 Å². The summed E-state index contributed by atoms with van der Waals surface area (Å²) in [6.07, 6.45) is 4.07. The van der Waals surface area contributed by atoms with Gasteiger partial charge in [-0.25, -0.2) is 4.98 Å². The van der Waals surface area contributed by atoms with E-state index in [-0.39, 0.29) is 15.7 Å². The van der Waals surface area contributed by atoms with Crippen molar-refractivity contribution in [2.24, 2.45) is 0 Å². The van der Waals surface area contributed by atoms with Crippen molar-refractivity contribution in [2.75, 3.05) is 5.32 Å². The quantitative estimate of drug-likeness (QED) is 0.923. The molecule has 2 heterocycles. The predicted octanol–water partition coefficient (Wildman–Crippen LogP) is 2.91. The number of nitrogens with one attached hydrogen (secondary N) is 1. The summed E-state index contributed by atoms with van der Waals surface area (Å²) in [5.41, 5.74) is 0.833. The second kappa shape index (κ2) is 5.65. The van der Waals surface area contributed by atoms with Crippen LogP contribution in [0, 0.1) is 11.3 Å². The van der Waals surface area contributed by atoms with Crippen molar-refractivity contribution in [2.45, 2.75) is 0 Å². The number of hydrogen-bond acceptors (Lipinski definition) is 4. The van der Waals surface area contributed by atoms with Crippen LogP contribution in [0.3, 0.4) is 0 Å². The van der Waals surface area contributed by atoms with Crippen LogP contribution in [0.15, 0.2) is 30.7 Å². The molecule has 5 nitrogen and oxygen atoms in total. The Balaban J connectivity index is 2.21. The molecule has 19 heavy (non-hydrogen) atoms. The molecule has 2 rings (SSSR count). The van der Waals surface area contributed by atoms with Gasteiger partial charge in [0.15, 0.2) is 0 Å². The first-order valence-corrected chi connectivity index (χ1v) is 5.84. The molecule has 0 radical (unpaired) electrons. The highest BCUT2D eigenvalue weighted by Gasteiger charge is 2.11. The molecule has 0 fully saturated rings. The Kier molecular flexibility index (Phi) is 3.95. The molecule has 7 heteroatoms. The van der Waals surface area contributed by atoms with E-state index in [2.05, 4.69) is 15.3 Å². The van der Waals surface area contributed by atoms with Crippen LogP contribution in [0.2, 0.25) is 10.0 Å². The van der Waals surface area contributed by atoms with E-state index in [1.807, 2.05) is 6.07 Å². The zero-order chi connectivity index (χ0) is 13.8. The number of carbonyl (C=O) groups excluding carboxylic acids is 1. The van der Waals surface area contributed by atoms with E-state index < -0.39 is 5.91 Å². The lowest BCUT2D eigenvalue weighted by molar-refractivity contribution is 0.102. The van der Waals surface area contributed by atoms with Gasteiger partial charge in [-0.15, -0.1) is 0 Å². The summed E-state index contributed by atoms with van der Waals surface area (Å²) >= 11 is 11.7. The topological polar surface area (TPSA) is 78.7 Å². The van der Waals surface area contributed by atoms with Crippen molar-refractivity contribution in [3.8, 4) is 6.07 Å². The molecule has 0 aromatic carbocycles. The van der Waals surface area contributed by atoms with Gasteiger partial charge < -0.3 is 5.32 Å². The van der Waals surface area contributed by atoms with Crippen molar-refractivity contribution >= 4 is 34.8 Å². The molecule has 0 saturated carbocycles. The highest BCUT2D eigenvalue weighted by atomic mass is 35.5. The summed E-state index contributed by atoms with van der Waals surface area (Å²) < 4.78 is 0. The zero-order valence-electron chi connectivity index (χ0n) is 9.39. The third kappa shape index (κ3) is 2.99. The van der Waals surface area contributed by atoms with E-state index >= 15 is 0 Å².